The van der Waals surface area contributed by atoms with Crippen molar-refractivity contribution in [2.45, 2.75) is 25.4 Å². The molecular formula is C24H27FN4O3. The van der Waals surface area contributed by atoms with Crippen LogP contribution in [-0.2, 0) is 4.74 Å². The predicted molar refractivity (Wildman–Crippen MR) is 120 cm³/mol. The topological polar surface area (TPSA) is 87.9 Å². The first kappa shape index (κ1) is 20.6. The van der Waals surface area contributed by atoms with Crippen molar-refractivity contribution in [2.24, 2.45) is 11.8 Å². The molecule has 2 aliphatic heterocycles. The highest BCUT2D eigenvalue weighted by atomic mass is 19.1. The van der Waals surface area contributed by atoms with Crippen LogP contribution in [0, 0.1) is 17.7 Å². The van der Waals surface area contributed by atoms with Gasteiger partial charge in [-0.2, -0.15) is 0 Å². The second-order valence-corrected chi connectivity index (χ2v) is 9.01. The fourth-order valence-corrected chi connectivity index (χ4v) is 4.69. The lowest BCUT2D eigenvalue weighted by Crippen LogP contribution is -2.39. The van der Waals surface area contributed by atoms with Gasteiger partial charge in [-0.1, -0.05) is 18.2 Å². The van der Waals surface area contributed by atoms with Crippen LogP contribution in [-0.4, -0.2) is 54.2 Å². The summed E-state index contributed by atoms with van der Waals surface area (Å²) in [5.41, 5.74) is 8.76. The van der Waals surface area contributed by atoms with Crippen molar-refractivity contribution < 1.29 is 18.7 Å². The number of nitrogen functional groups attached to an aromatic ring is 1. The highest BCUT2D eigenvalue weighted by Crippen LogP contribution is 2.33. The van der Waals surface area contributed by atoms with Crippen molar-refractivity contribution in [3.05, 3.63) is 48.3 Å². The number of carbonyl (C=O) groups excluding carboxylic acids is 2. The fourth-order valence-electron chi connectivity index (χ4n) is 4.69. The van der Waals surface area contributed by atoms with E-state index in [-0.39, 0.29) is 35.9 Å². The predicted octanol–water partition coefficient (Wildman–Crippen LogP) is 4.16. The molecule has 8 heteroatoms. The van der Waals surface area contributed by atoms with Gasteiger partial charge in [0.05, 0.1) is 11.4 Å². The Morgan fingerprint density at radius 3 is 2.19 bits per heavy atom. The monoisotopic (exact) mass is 438 g/mol. The molecule has 0 radical (unpaired) electrons. The van der Waals surface area contributed by atoms with Crippen LogP contribution in [0.3, 0.4) is 0 Å². The summed E-state index contributed by atoms with van der Waals surface area (Å²) in [6.45, 7) is 2.45. The van der Waals surface area contributed by atoms with E-state index in [1.54, 1.807) is 34.1 Å². The van der Waals surface area contributed by atoms with Gasteiger partial charge in [-0.25, -0.2) is 14.0 Å². The van der Waals surface area contributed by atoms with Gasteiger partial charge < -0.3 is 25.6 Å². The molecule has 2 aromatic rings. The number of nitrogens with one attached hydrogen (secondary N) is 1. The van der Waals surface area contributed by atoms with E-state index in [1.807, 2.05) is 6.07 Å². The summed E-state index contributed by atoms with van der Waals surface area (Å²) in [6.07, 6.45) is 2.93. The second kappa shape index (κ2) is 8.33. The lowest BCUT2D eigenvalue weighted by Gasteiger charge is -2.28. The van der Waals surface area contributed by atoms with Crippen LogP contribution < -0.4 is 11.1 Å². The molecule has 3 aliphatic rings. The van der Waals surface area contributed by atoms with Crippen LogP contribution in [0.25, 0.3) is 11.1 Å². The molecule has 7 nitrogen and oxygen atoms in total. The van der Waals surface area contributed by atoms with E-state index in [4.69, 9.17) is 10.5 Å². The van der Waals surface area contributed by atoms with E-state index < -0.39 is 0 Å². The molecule has 2 atom stereocenters. The van der Waals surface area contributed by atoms with Crippen molar-refractivity contribution in [1.29, 1.82) is 0 Å². The number of anilines is 2. The van der Waals surface area contributed by atoms with Crippen LogP contribution in [0.15, 0.2) is 42.5 Å². The van der Waals surface area contributed by atoms with E-state index in [9.17, 15) is 14.0 Å². The maximum absolute atomic E-state index is 13.2. The van der Waals surface area contributed by atoms with Gasteiger partial charge in [0.15, 0.2) is 0 Å². The number of fused-ring (bicyclic) bond motifs is 1. The highest BCUT2D eigenvalue weighted by molar-refractivity contribution is 5.94. The maximum atomic E-state index is 13.2. The Bertz CT molecular complexity index is 1010. The number of halogens is 1. The van der Waals surface area contributed by atoms with Gasteiger partial charge in [0, 0.05) is 38.0 Å². The van der Waals surface area contributed by atoms with Crippen LogP contribution in [0.5, 0.6) is 0 Å². The largest absolute Gasteiger partial charge is 0.446 e. The first-order chi connectivity index (χ1) is 15.5. The molecule has 32 heavy (non-hydrogen) atoms. The molecule has 0 aromatic heterocycles. The van der Waals surface area contributed by atoms with Crippen LogP contribution >= 0.6 is 0 Å². The lowest BCUT2D eigenvalue weighted by atomic mass is 9.96. The molecule has 2 unspecified atom stereocenters. The zero-order valence-electron chi connectivity index (χ0n) is 17.8. The molecule has 3 fully saturated rings. The minimum atomic E-state index is -0.299. The summed E-state index contributed by atoms with van der Waals surface area (Å²) >= 11 is 0. The molecular weight excluding hydrogens is 411 g/mol. The van der Waals surface area contributed by atoms with Crippen molar-refractivity contribution in [3.8, 4) is 11.1 Å². The zero-order valence-corrected chi connectivity index (χ0v) is 17.8. The van der Waals surface area contributed by atoms with Gasteiger partial charge in [0.1, 0.15) is 11.9 Å². The number of nitrogens with two attached hydrogens (primary N) is 1. The van der Waals surface area contributed by atoms with E-state index in [0.717, 1.165) is 30.4 Å². The van der Waals surface area contributed by atoms with Gasteiger partial charge in [-0.15, -0.1) is 0 Å². The van der Waals surface area contributed by atoms with Crippen LogP contribution in [0.2, 0.25) is 0 Å². The quantitative estimate of drug-likeness (QED) is 0.705. The number of likely N-dealkylation sites (tertiary alicyclic amines) is 2. The third-order valence-electron chi connectivity index (χ3n) is 6.82. The number of ether oxygens (including phenoxy) is 1. The number of rotatable bonds is 3. The Hall–Kier alpha value is -3.29. The molecule has 1 aliphatic carbocycles. The fraction of sp³-hybridized carbons (Fsp3) is 0.417. The standard InChI is InChI=1S/C24H27FN4O3/c25-19-7-4-15(5-8-19)16-6-9-21(26)22(10-16)27-23(30)28-11-17-13-29(14-18(17)12-28)24(31)32-20-2-1-3-20/h4-10,17-18,20H,1-3,11-14,26H2,(H,27,30). The Kier molecular flexibility index (Phi) is 5.36. The minimum Gasteiger partial charge on any atom is -0.446 e. The van der Waals surface area contributed by atoms with Gasteiger partial charge in [0.2, 0.25) is 0 Å². The number of urea groups is 1. The van der Waals surface area contributed by atoms with Crippen molar-refractivity contribution in [1.82, 2.24) is 9.80 Å². The van der Waals surface area contributed by atoms with Crippen molar-refractivity contribution in [2.75, 3.05) is 37.2 Å². The smallest absolute Gasteiger partial charge is 0.410 e. The van der Waals surface area contributed by atoms with E-state index in [1.165, 1.54) is 12.1 Å². The third-order valence-corrected chi connectivity index (χ3v) is 6.82. The number of hydrogen-bond donors (Lipinski definition) is 2. The van der Waals surface area contributed by atoms with Gasteiger partial charge in [0.25, 0.3) is 0 Å². The number of benzene rings is 2. The molecule has 0 spiro atoms. The van der Waals surface area contributed by atoms with Crippen LogP contribution in [0.1, 0.15) is 19.3 Å². The number of carbonyl (C=O) groups is 2. The minimum absolute atomic E-state index is 0.0846. The molecule has 3 amide bonds. The molecule has 1 saturated carbocycles. The van der Waals surface area contributed by atoms with Crippen molar-refractivity contribution >= 4 is 23.5 Å². The Morgan fingerprint density at radius 1 is 0.938 bits per heavy atom. The summed E-state index contributed by atoms with van der Waals surface area (Å²) in [7, 11) is 0. The normalized spacial score (nSPS) is 22.4. The summed E-state index contributed by atoms with van der Waals surface area (Å²) in [6, 6.07) is 11.4. The third kappa shape index (κ3) is 4.09. The second-order valence-electron chi connectivity index (χ2n) is 9.01. The Morgan fingerprint density at radius 2 is 1.56 bits per heavy atom. The van der Waals surface area contributed by atoms with Crippen LogP contribution in [0.4, 0.5) is 25.4 Å². The molecule has 0 bridgehead atoms. The lowest BCUT2D eigenvalue weighted by molar-refractivity contribution is 0.0294. The molecule has 3 N–H and O–H groups in total. The summed E-state index contributed by atoms with van der Waals surface area (Å²) in [5, 5.41) is 2.92. The average molecular weight is 439 g/mol. The Labute approximate surface area is 186 Å². The van der Waals surface area contributed by atoms with E-state index in [0.29, 0.717) is 37.6 Å². The summed E-state index contributed by atoms with van der Waals surface area (Å²) < 4.78 is 18.7. The van der Waals surface area contributed by atoms with E-state index >= 15 is 0 Å². The first-order valence-corrected chi connectivity index (χ1v) is 11.1. The Balaban J connectivity index is 1.19. The van der Waals surface area contributed by atoms with Gasteiger partial charge >= 0.3 is 12.1 Å². The number of nitrogens with zero attached hydrogens (tertiary/aromatic N) is 2. The molecule has 2 heterocycles. The van der Waals surface area contributed by atoms with Gasteiger partial charge in [-0.3, -0.25) is 0 Å². The van der Waals surface area contributed by atoms with E-state index in [2.05, 4.69) is 5.32 Å². The number of hydrogen-bond acceptors (Lipinski definition) is 4. The van der Waals surface area contributed by atoms with Crippen molar-refractivity contribution in [3.63, 3.8) is 0 Å². The average Bonchev–Trinajstić information content (AvgIpc) is 3.32. The molecule has 2 aromatic carbocycles. The maximum Gasteiger partial charge on any atom is 0.410 e. The highest BCUT2D eigenvalue weighted by Gasteiger charge is 2.44. The summed E-state index contributed by atoms with van der Waals surface area (Å²) in [5.74, 6) is 0.224. The molecule has 168 valence electrons. The molecule has 2 saturated heterocycles. The SMILES string of the molecule is Nc1ccc(-c2ccc(F)cc2)cc1NC(=O)N1CC2CN(C(=O)OC3CCC3)CC2C1. The number of amides is 3. The summed E-state index contributed by atoms with van der Waals surface area (Å²) in [4.78, 5) is 28.8. The van der Waals surface area contributed by atoms with Gasteiger partial charge in [-0.05, 0) is 54.7 Å². The molecule has 5 rings (SSSR count). The first-order valence-electron chi connectivity index (χ1n) is 11.1. The zero-order chi connectivity index (χ0) is 22.2.